The summed E-state index contributed by atoms with van der Waals surface area (Å²) in [6.07, 6.45) is -0.372. The third kappa shape index (κ3) is 2.04. The third-order valence-corrected chi connectivity index (χ3v) is 1.19. The van der Waals surface area contributed by atoms with Crippen molar-refractivity contribution in [3.63, 3.8) is 0 Å². The Hall–Kier alpha value is -1.37. The number of hydrogen-bond donors (Lipinski definition) is 2. The molecular formula is C4H7N5O2. The summed E-state index contributed by atoms with van der Waals surface area (Å²) >= 11 is 0. The number of hydrogen-bond acceptors (Lipinski definition) is 6. The van der Waals surface area contributed by atoms with Crippen LogP contribution in [0.1, 0.15) is 6.42 Å². The number of aliphatic carboxylic acids is 1. The molecule has 1 aliphatic heterocycles. The predicted octanol–water partition coefficient (Wildman–Crippen LogP) is -0.0525. The van der Waals surface area contributed by atoms with Crippen molar-refractivity contribution in [1.82, 2.24) is 0 Å². The summed E-state index contributed by atoms with van der Waals surface area (Å²) in [5.74, 6) is -1.07. The van der Waals surface area contributed by atoms with Crippen molar-refractivity contribution in [2.45, 2.75) is 18.6 Å². The van der Waals surface area contributed by atoms with E-state index in [-0.39, 0.29) is 6.42 Å². The van der Waals surface area contributed by atoms with Crippen LogP contribution in [-0.4, -0.2) is 23.3 Å². The minimum Gasteiger partial charge on any atom is -0.480 e. The van der Waals surface area contributed by atoms with Gasteiger partial charge in [-0.1, -0.05) is 0 Å². The van der Waals surface area contributed by atoms with Crippen molar-refractivity contribution in [3.8, 4) is 0 Å². The Morgan fingerprint density at radius 1 is 1.55 bits per heavy atom. The molecule has 1 aliphatic rings. The van der Waals surface area contributed by atoms with Crippen LogP contribution in [0.25, 0.3) is 0 Å². The van der Waals surface area contributed by atoms with E-state index in [9.17, 15) is 4.79 Å². The van der Waals surface area contributed by atoms with Crippen LogP contribution in [-0.2, 0) is 4.79 Å². The number of rotatable bonds is 3. The van der Waals surface area contributed by atoms with Gasteiger partial charge in [0.25, 0.3) is 0 Å². The molecule has 7 heteroatoms. The first kappa shape index (κ1) is 7.73. The molecule has 1 rings (SSSR count). The van der Waals surface area contributed by atoms with Crippen LogP contribution in [0.4, 0.5) is 0 Å². The van der Waals surface area contributed by atoms with E-state index in [1.54, 1.807) is 0 Å². The Morgan fingerprint density at radius 3 is 2.55 bits per heavy atom. The monoisotopic (exact) mass is 157 g/mol. The van der Waals surface area contributed by atoms with E-state index >= 15 is 0 Å². The predicted molar refractivity (Wildman–Crippen MR) is 33.7 cm³/mol. The average molecular weight is 157 g/mol. The molecule has 60 valence electrons. The van der Waals surface area contributed by atoms with Crippen molar-refractivity contribution >= 4 is 5.97 Å². The Bertz CT molecular complexity index is 201. The molecule has 7 nitrogen and oxygen atoms in total. The second-order valence-corrected chi connectivity index (χ2v) is 2.07. The molecule has 0 amide bonds. The van der Waals surface area contributed by atoms with Gasteiger partial charge in [0.15, 0.2) is 6.17 Å². The van der Waals surface area contributed by atoms with E-state index < -0.39 is 18.2 Å². The smallest absolute Gasteiger partial charge is 0.320 e. The van der Waals surface area contributed by atoms with Gasteiger partial charge in [-0.2, -0.15) is 0 Å². The zero-order chi connectivity index (χ0) is 8.27. The maximum atomic E-state index is 10.2. The quantitative estimate of drug-likeness (QED) is 0.598. The number of nitrogens with two attached hydrogens (primary N) is 1. The highest BCUT2D eigenvalue weighted by Gasteiger charge is 2.19. The standard InChI is InChI=1S/C4H7N5O2/c5-2(4(10)11)1-3-6-8-9-7-3/h2-3H,1,5H2,(H,10,11). The highest BCUT2D eigenvalue weighted by Crippen LogP contribution is 2.09. The molecule has 0 bridgehead atoms. The molecule has 0 radical (unpaired) electrons. The van der Waals surface area contributed by atoms with Gasteiger partial charge in [0, 0.05) is 6.42 Å². The lowest BCUT2D eigenvalue weighted by Gasteiger charge is -2.04. The summed E-state index contributed by atoms with van der Waals surface area (Å²) in [5.41, 5.74) is 5.19. The van der Waals surface area contributed by atoms with Gasteiger partial charge in [0.2, 0.25) is 0 Å². The molecule has 0 spiro atoms. The molecule has 0 saturated heterocycles. The lowest BCUT2D eigenvalue weighted by atomic mass is 10.2. The first-order valence-corrected chi connectivity index (χ1v) is 2.98. The molecule has 0 aromatic carbocycles. The second-order valence-electron chi connectivity index (χ2n) is 2.07. The number of carbonyl (C=O) groups is 1. The fourth-order valence-corrected chi connectivity index (χ4v) is 0.611. The molecule has 0 aromatic rings. The van der Waals surface area contributed by atoms with Crippen molar-refractivity contribution in [2.75, 3.05) is 0 Å². The highest BCUT2D eigenvalue weighted by atomic mass is 16.4. The van der Waals surface area contributed by atoms with Crippen LogP contribution < -0.4 is 5.73 Å². The van der Waals surface area contributed by atoms with E-state index in [4.69, 9.17) is 10.8 Å². The second kappa shape index (κ2) is 3.15. The fraction of sp³-hybridized carbons (Fsp3) is 0.750. The van der Waals surface area contributed by atoms with Gasteiger partial charge in [-0.05, 0) is 10.4 Å². The Morgan fingerprint density at radius 2 is 2.09 bits per heavy atom. The van der Waals surface area contributed by atoms with Gasteiger partial charge < -0.3 is 10.8 Å². The lowest BCUT2D eigenvalue weighted by molar-refractivity contribution is -0.138. The van der Waals surface area contributed by atoms with Gasteiger partial charge in [0.1, 0.15) is 6.04 Å². The average Bonchev–Trinajstić information content (AvgIpc) is 2.39. The Labute approximate surface area is 62.0 Å². The maximum Gasteiger partial charge on any atom is 0.320 e. The SMILES string of the molecule is NC(CC1N=NN=N1)C(=O)O. The van der Waals surface area contributed by atoms with Crippen molar-refractivity contribution < 1.29 is 9.90 Å². The van der Waals surface area contributed by atoms with E-state index in [0.717, 1.165) is 0 Å². The Kier molecular flexibility index (Phi) is 2.21. The summed E-state index contributed by atoms with van der Waals surface area (Å²) in [7, 11) is 0. The van der Waals surface area contributed by atoms with Gasteiger partial charge in [0.05, 0.1) is 0 Å². The molecule has 0 fully saturated rings. The normalized spacial score (nSPS) is 19.0. The molecule has 0 saturated carbocycles. The molecule has 0 aliphatic carbocycles. The zero-order valence-corrected chi connectivity index (χ0v) is 5.58. The van der Waals surface area contributed by atoms with E-state index in [1.807, 2.05) is 0 Å². The minimum atomic E-state index is -1.07. The van der Waals surface area contributed by atoms with Gasteiger partial charge in [-0.15, -0.1) is 10.2 Å². The van der Waals surface area contributed by atoms with Crippen LogP contribution in [0.2, 0.25) is 0 Å². The largest absolute Gasteiger partial charge is 0.480 e. The maximum absolute atomic E-state index is 10.2. The summed E-state index contributed by atoms with van der Waals surface area (Å²) < 4.78 is 0. The van der Waals surface area contributed by atoms with Crippen molar-refractivity contribution in [1.29, 1.82) is 0 Å². The zero-order valence-electron chi connectivity index (χ0n) is 5.58. The van der Waals surface area contributed by atoms with Crippen molar-refractivity contribution in [3.05, 3.63) is 0 Å². The summed E-state index contributed by atoms with van der Waals surface area (Å²) in [6, 6.07) is -0.948. The van der Waals surface area contributed by atoms with Crippen LogP contribution in [0.5, 0.6) is 0 Å². The fourth-order valence-electron chi connectivity index (χ4n) is 0.611. The molecule has 1 unspecified atom stereocenters. The molecule has 1 heterocycles. The number of carboxylic acids is 1. The molecule has 0 aromatic heterocycles. The lowest BCUT2D eigenvalue weighted by Crippen LogP contribution is -2.32. The van der Waals surface area contributed by atoms with Crippen LogP contribution in [0, 0.1) is 0 Å². The highest BCUT2D eigenvalue weighted by molar-refractivity contribution is 5.73. The van der Waals surface area contributed by atoms with E-state index in [0.29, 0.717) is 0 Å². The summed E-state index contributed by atoms with van der Waals surface area (Å²) in [5, 5.41) is 21.8. The van der Waals surface area contributed by atoms with Gasteiger partial charge in [-0.25, -0.2) is 0 Å². The molecular weight excluding hydrogens is 150 g/mol. The first-order chi connectivity index (χ1) is 5.20. The van der Waals surface area contributed by atoms with Crippen LogP contribution in [0.3, 0.4) is 0 Å². The third-order valence-electron chi connectivity index (χ3n) is 1.19. The molecule has 3 N–H and O–H groups in total. The van der Waals surface area contributed by atoms with Gasteiger partial charge in [-0.3, -0.25) is 4.79 Å². The van der Waals surface area contributed by atoms with Crippen molar-refractivity contribution in [2.24, 2.45) is 26.4 Å². The minimum absolute atomic E-state index is 0.141. The van der Waals surface area contributed by atoms with Crippen LogP contribution in [0.15, 0.2) is 20.7 Å². The first-order valence-electron chi connectivity index (χ1n) is 2.98. The van der Waals surface area contributed by atoms with E-state index in [2.05, 4.69) is 20.7 Å². The number of nitrogens with zero attached hydrogens (tertiary/aromatic N) is 4. The topological polar surface area (TPSA) is 113 Å². The Balaban J connectivity index is 2.36. The van der Waals surface area contributed by atoms with Crippen LogP contribution >= 0.6 is 0 Å². The van der Waals surface area contributed by atoms with Gasteiger partial charge >= 0.3 is 5.97 Å². The summed E-state index contributed by atoms with van der Waals surface area (Å²) in [4.78, 5) is 10.2. The summed E-state index contributed by atoms with van der Waals surface area (Å²) in [6.45, 7) is 0. The molecule has 11 heavy (non-hydrogen) atoms. The number of carboxylic acid groups (broad SMARTS) is 1. The molecule has 1 atom stereocenters. The van der Waals surface area contributed by atoms with E-state index in [1.165, 1.54) is 0 Å².